The molecule has 0 radical (unpaired) electrons. The van der Waals surface area contributed by atoms with Crippen LogP contribution in [0.1, 0.15) is 119 Å². The fourth-order valence-corrected chi connectivity index (χ4v) is 7.48. The zero-order chi connectivity index (χ0) is 40.7. The highest BCUT2D eigenvalue weighted by Crippen LogP contribution is 2.36. The second-order valence-electron chi connectivity index (χ2n) is 15.1. The molecule has 2 aromatic rings. The van der Waals surface area contributed by atoms with E-state index in [-0.39, 0.29) is 48.6 Å². The molecule has 0 bridgehead atoms. The third kappa shape index (κ3) is 15.2. The van der Waals surface area contributed by atoms with E-state index >= 15 is 0 Å². The number of halogens is 10. The maximum atomic E-state index is 13.9. The minimum absolute atomic E-state index is 0.121. The largest absolute Gasteiger partial charge is 0.422 e. The quantitative estimate of drug-likeness (QED) is 0.0715. The number of allylic oxidation sites excluding steroid dienone is 2. The smallest absolute Gasteiger partial charge is 0.352 e. The van der Waals surface area contributed by atoms with Crippen molar-refractivity contribution in [1.29, 1.82) is 0 Å². The highest BCUT2D eigenvalue weighted by Gasteiger charge is 2.39. The summed E-state index contributed by atoms with van der Waals surface area (Å²) in [6.45, 7) is 4.10. The molecule has 0 atom stereocenters. The van der Waals surface area contributed by atoms with E-state index in [2.05, 4.69) is 12.2 Å². The molecule has 316 valence electrons. The Morgan fingerprint density at radius 2 is 0.875 bits per heavy atom. The Morgan fingerprint density at radius 1 is 0.536 bits per heavy atom. The first-order chi connectivity index (χ1) is 26.6. The molecule has 2 saturated heterocycles. The van der Waals surface area contributed by atoms with Gasteiger partial charge in [0, 0.05) is 24.7 Å². The van der Waals surface area contributed by atoms with Crippen LogP contribution in [0.4, 0.5) is 43.9 Å². The summed E-state index contributed by atoms with van der Waals surface area (Å²) in [7, 11) is 0. The number of hydrogen-bond donors (Lipinski definition) is 0. The van der Waals surface area contributed by atoms with E-state index in [0.29, 0.717) is 56.6 Å². The van der Waals surface area contributed by atoms with E-state index in [1.54, 1.807) is 0 Å². The van der Waals surface area contributed by atoms with Crippen LogP contribution in [-0.4, -0.2) is 39.0 Å². The minimum atomic E-state index is -5.09. The van der Waals surface area contributed by atoms with Gasteiger partial charge in [0.15, 0.2) is 12.6 Å². The zero-order valence-electron chi connectivity index (χ0n) is 31.9. The first kappa shape index (κ1) is 46.0. The van der Waals surface area contributed by atoms with Crippen molar-refractivity contribution in [1.82, 2.24) is 0 Å². The van der Waals surface area contributed by atoms with Crippen molar-refractivity contribution in [3.8, 4) is 0 Å². The highest BCUT2D eigenvalue weighted by molar-refractivity contribution is 5.29. The summed E-state index contributed by atoms with van der Waals surface area (Å²) in [5, 5.41) is 0. The summed E-state index contributed by atoms with van der Waals surface area (Å²) in [6, 6.07) is 2.86. The first-order valence-corrected chi connectivity index (χ1v) is 19.8. The van der Waals surface area contributed by atoms with Crippen molar-refractivity contribution < 1.29 is 62.9 Å². The molecule has 56 heavy (non-hydrogen) atoms. The Labute approximate surface area is 323 Å². The van der Waals surface area contributed by atoms with Crippen LogP contribution in [0.5, 0.6) is 0 Å². The molecule has 4 rings (SSSR count). The van der Waals surface area contributed by atoms with Crippen LogP contribution < -0.4 is 0 Å². The molecule has 0 N–H and O–H groups in total. The third-order valence-corrected chi connectivity index (χ3v) is 10.5. The lowest BCUT2D eigenvalue weighted by atomic mass is 9.93. The number of unbranched alkanes of at least 4 members (excludes halogenated alkanes) is 6. The molecule has 2 fully saturated rings. The topological polar surface area (TPSA) is 36.9 Å². The molecular weight excluding hydrogens is 758 g/mol. The molecule has 0 saturated carbocycles. The van der Waals surface area contributed by atoms with E-state index in [9.17, 15) is 43.9 Å². The van der Waals surface area contributed by atoms with Gasteiger partial charge in [0.05, 0.1) is 26.4 Å². The summed E-state index contributed by atoms with van der Waals surface area (Å²) >= 11 is 0. The summed E-state index contributed by atoms with van der Waals surface area (Å²) in [6.07, 6.45) is 7.13. The maximum Gasteiger partial charge on any atom is 0.422 e. The van der Waals surface area contributed by atoms with Gasteiger partial charge in [0.1, 0.15) is 34.4 Å². The van der Waals surface area contributed by atoms with Crippen LogP contribution in [0, 0.1) is 41.0 Å². The molecule has 0 aliphatic carbocycles. The molecule has 0 spiro atoms. The number of hydrogen-bond acceptors (Lipinski definition) is 4. The predicted molar refractivity (Wildman–Crippen MR) is 191 cm³/mol. The Kier molecular flexibility index (Phi) is 18.5. The molecule has 2 aliphatic heterocycles. The average Bonchev–Trinajstić information content (AvgIpc) is 3.12. The van der Waals surface area contributed by atoms with E-state index < -0.39 is 59.3 Å². The number of aryl methyl sites for hydroxylation is 2. The summed E-state index contributed by atoms with van der Waals surface area (Å²) < 4.78 is 155. The number of benzene rings is 2. The first-order valence-electron chi connectivity index (χ1n) is 19.8. The molecule has 2 aliphatic rings. The second-order valence-corrected chi connectivity index (χ2v) is 15.1. The van der Waals surface area contributed by atoms with E-state index in [1.165, 1.54) is 0 Å². The standard InChI is InChI=1S/C42H54F10O4/c1-2-11-28(12-7-3-5-9-14-31-24-53-37(54-25-31)18-16-29-20-33(43)39(34(44)21-29)41(47,48)49)13-8-4-6-10-15-32-26-55-38(56-27-32)19-17-30-22-35(45)40(36(46)23-30)42(50,51)52/h2,11,20-23,28,31-32,37-38H,3-10,12-19,24-27H2,1H3/b11-2+. The Morgan fingerprint density at radius 3 is 1.20 bits per heavy atom. The average molecular weight is 813 g/mol. The lowest BCUT2D eigenvalue weighted by molar-refractivity contribution is -0.203. The minimum Gasteiger partial charge on any atom is -0.352 e. The number of ether oxygens (including phenoxy) is 4. The number of rotatable bonds is 21. The van der Waals surface area contributed by atoms with Crippen molar-refractivity contribution in [3.05, 3.63) is 81.9 Å². The van der Waals surface area contributed by atoms with Gasteiger partial charge >= 0.3 is 12.4 Å². The van der Waals surface area contributed by atoms with Gasteiger partial charge in [0.25, 0.3) is 0 Å². The van der Waals surface area contributed by atoms with E-state index in [4.69, 9.17) is 18.9 Å². The molecule has 14 heteroatoms. The maximum absolute atomic E-state index is 13.9. The fourth-order valence-electron chi connectivity index (χ4n) is 7.48. The van der Waals surface area contributed by atoms with Crippen LogP contribution in [0.2, 0.25) is 0 Å². The molecular formula is C42H54F10O4. The van der Waals surface area contributed by atoms with E-state index in [1.807, 2.05) is 6.92 Å². The Bertz CT molecular complexity index is 1340. The fraction of sp³-hybridized carbons (Fsp3) is 0.667. The van der Waals surface area contributed by atoms with Gasteiger partial charge in [-0.3, -0.25) is 0 Å². The van der Waals surface area contributed by atoms with Gasteiger partial charge in [-0.25, -0.2) is 17.6 Å². The Hall–Kier alpha value is -2.68. The van der Waals surface area contributed by atoms with Crippen molar-refractivity contribution in [3.63, 3.8) is 0 Å². The molecule has 0 amide bonds. The summed E-state index contributed by atoms with van der Waals surface area (Å²) in [5.41, 5.74) is -3.51. The van der Waals surface area contributed by atoms with Crippen LogP contribution in [-0.2, 0) is 44.1 Å². The predicted octanol–water partition coefficient (Wildman–Crippen LogP) is 12.7. The monoisotopic (exact) mass is 812 g/mol. The Balaban J connectivity index is 0.979. The lowest BCUT2D eigenvalue weighted by Crippen LogP contribution is -2.32. The van der Waals surface area contributed by atoms with Crippen LogP contribution in [0.3, 0.4) is 0 Å². The van der Waals surface area contributed by atoms with Gasteiger partial charge < -0.3 is 18.9 Å². The summed E-state index contributed by atoms with van der Waals surface area (Å²) in [5.74, 6) is -5.42. The van der Waals surface area contributed by atoms with Crippen LogP contribution in [0.15, 0.2) is 36.4 Å². The van der Waals surface area contributed by atoms with Gasteiger partial charge in [-0.15, -0.1) is 0 Å². The zero-order valence-corrected chi connectivity index (χ0v) is 31.9. The van der Waals surface area contributed by atoms with E-state index in [0.717, 1.165) is 77.0 Å². The molecule has 0 aromatic heterocycles. The van der Waals surface area contributed by atoms with Crippen molar-refractivity contribution in [2.24, 2.45) is 17.8 Å². The molecule has 0 unspecified atom stereocenters. The highest BCUT2D eigenvalue weighted by atomic mass is 19.4. The van der Waals surface area contributed by atoms with Crippen LogP contribution in [0.25, 0.3) is 0 Å². The van der Waals surface area contributed by atoms with Gasteiger partial charge in [-0.05, 0) is 86.8 Å². The van der Waals surface area contributed by atoms with Gasteiger partial charge in [0.2, 0.25) is 0 Å². The van der Waals surface area contributed by atoms with Gasteiger partial charge in [-0.2, -0.15) is 26.3 Å². The SMILES string of the molecule is C/C=C/C(CCCCCCC1COC(CCc2cc(F)c(C(F)(F)F)c(F)c2)OC1)CCCCCCC1COC(CCc2cc(F)c(C(F)(F)F)c(F)c2)OC1. The van der Waals surface area contributed by atoms with Crippen molar-refractivity contribution in [2.75, 3.05) is 26.4 Å². The third-order valence-electron chi connectivity index (χ3n) is 10.5. The van der Waals surface area contributed by atoms with Crippen molar-refractivity contribution in [2.45, 2.75) is 135 Å². The lowest BCUT2D eigenvalue weighted by Gasteiger charge is -2.29. The normalized spacial score (nSPS) is 21.6. The van der Waals surface area contributed by atoms with Crippen LogP contribution >= 0.6 is 0 Å². The second kappa shape index (κ2) is 22.5. The van der Waals surface area contributed by atoms with Crippen molar-refractivity contribution >= 4 is 0 Å². The number of alkyl halides is 6. The summed E-state index contributed by atoms with van der Waals surface area (Å²) in [4.78, 5) is 0. The molecule has 2 heterocycles. The molecule has 4 nitrogen and oxygen atoms in total. The molecule has 2 aromatic carbocycles. The van der Waals surface area contributed by atoms with Gasteiger partial charge in [-0.1, -0.05) is 63.5 Å².